The Morgan fingerprint density at radius 2 is 2.06 bits per heavy atom. The fourth-order valence-corrected chi connectivity index (χ4v) is 1.86. The van der Waals surface area contributed by atoms with Crippen molar-refractivity contribution in [3.05, 3.63) is 24.3 Å². The van der Waals surface area contributed by atoms with E-state index < -0.39 is 5.54 Å². The zero-order valence-corrected chi connectivity index (χ0v) is 11.5. The average Bonchev–Trinajstić information content (AvgIpc) is 2.38. The first-order valence-electron chi connectivity index (χ1n) is 6.24. The predicted octanol–water partition coefficient (Wildman–Crippen LogP) is 1.62. The molecule has 18 heavy (non-hydrogen) atoms. The second-order valence-electron chi connectivity index (χ2n) is 5.01. The van der Waals surface area contributed by atoms with Gasteiger partial charge in [-0.2, -0.15) is 0 Å². The molecule has 0 amide bonds. The molecule has 4 nitrogen and oxygen atoms in total. The molecular weight excluding hydrogens is 228 g/mol. The third kappa shape index (κ3) is 4.20. The predicted molar refractivity (Wildman–Crippen MR) is 75.2 cm³/mol. The maximum Gasteiger partial charge on any atom is 0.142 e. The van der Waals surface area contributed by atoms with Crippen LogP contribution in [0.3, 0.4) is 0 Å². The van der Waals surface area contributed by atoms with Crippen LogP contribution in [0.15, 0.2) is 24.3 Å². The van der Waals surface area contributed by atoms with Crippen molar-refractivity contribution in [1.29, 1.82) is 0 Å². The van der Waals surface area contributed by atoms with E-state index >= 15 is 0 Å². The molecule has 0 saturated heterocycles. The fraction of sp³-hybridized carbons (Fsp3) is 0.571. The van der Waals surface area contributed by atoms with Gasteiger partial charge >= 0.3 is 0 Å². The molecule has 0 aliphatic carbocycles. The summed E-state index contributed by atoms with van der Waals surface area (Å²) in [5.41, 5.74) is 6.49. The van der Waals surface area contributed by atoms with Crippen molar-refractivity contribution < 1.29 is 9.84 Å². The van der Waals surface area contributed by atoms with E-state index in [1.807, 2.05) is 38.2 Å². The van der Waals surface area contributed by atoms with Crippen LogP contribution in [0.4, 0.5) is 5.69 Å². The number of aliphatic hydroxyl groups excluding tert-OH is 1. The highest BCUT2D eigenvalue weighted by Crippen LogP contribution is 2.26. The highest BCUT2D eigenvalue weighted by Gasteiger charge is 2.16. The van der Waals surface area contributed by atoms with Gasteiger partial charge in [0.05, 0.1) is 19.4 Å². The molecule has 0 fully saturated rings. The summed E-state index contributed by atoms with van der Waals surface area (Å²) in [5.74, 6) is 0.873. The summed E-state index contributed by atoms with van der Waals surface area (Å²) >= 11 is 0. The van der Waals surface area contributed by atoms with Crippen molar-refractivity contribution in [3.63, 3.8) is 0 Å². The van der Waals surface area contributed by atoms with Crippen LogP contribution in [0, 0.1) is 0 Å². The van der Waals surface area contributed by atoms with Crippen LogP contribution < -0.4 is 15.4 Å². The van der Waals surface area contributed by atoms with Gasteiger partial charge in [0.1, 0.15) is 5.75 Å². The van der Waals surface area contributed by atoms with Crippen LogP contribution in [0.5, 0.6) is 5.75 Å². The van der Waals surface area contributed by atoms with Crippen molar-refractivity contribution in [2.45, 2.75) is 25.3 Å². The van der Waals surface area contributed by atoms with Gasteiger partial charge in [0.15, 0.2) is 0 Å². The first-order valence-corrected chi connectivity index (χ1v) is 6.24. The van der Waals surface area contributed by atoms with Crippen molar-refractivity contribution in [2.75, 3.05) is 32.2 Å². The Bertz CT molecular complexity index is 367. The Morgan fingerprint density at radius 1 is 1.39 bits per heavy atom. The van der Waals surface area contributed by atoms with Crippen LogP contribution >= 0.6 is 0 Å². The molecule has 102 valence electrons. The lowest BCUT2D eigenvalue weighted by Gasteiger charge is -2.25. The van der Waals surface area contributed by atoms with Crippen LogP contribution in [0.25, 0.3) is 0 Å². The average molecular weight is 252 g/mol. The Morgan fingerprint density at radius 3 is 2.67 bits per heavy atom. The van der Waals surface area contributed by atoms with E-state index in [0.29, 0.717) is 0 Å². The third-order valence-corrected chi connectivity index (χ3v) is 3.10. The number of ether oxygens (including phenoxy) is 1. The molecule has 0 radical (unpaired) electrons. The van der Waals surface area contributed by atoms with Crippen LogP contribution in [-0.2, 0) is 0 Å². The van der Waals surface area contributed by atoms with Gasteiger partial charge in [-0.05, 0) is 31.9 Å². The number of hydrogen-bond acceptors (Lipinski definition) is 4. The zero-order chi connectivity index (χ0) is 13.6. The van der Waals surface area contributed by atoms with Crippen molar-refractivity contribution in [2.24, 2.45) is 5.73 Å². The van der Waals surface area contributed by atoms with Crippen LogP contribution in [0.1, 0.15) is 19.8 Å². The van der Waals surface area contributed by atoms with Crippen LogP contribution in [0.2, 0.25) is 0 Å². The second-order valence-corrected chi connectivity index (χ2v) is 5.01. The van der Waals surface area contributed by atoms with Gasteiger partial charge < -0.3 is 20.5 Å². The molecule has 0 aliphatic heterocycles. The molecule has 1 aromatic carbocycles. The molecule has 0 saturated carbocycles. The van der Waals surface area contributed by atoms with E-state index in [1.54, 1.807) is 7.11 Å². The summed E-state index contributed by atoms with van der Waals surface area (Å²) in [6, 6.07) is 7.94. The Hall–Kier alpha value is -1.26. The number of para-hydroxylation sites is 2. The van der Waals surface area contributed by atoms with E-state index in [9.17, 15) is 0 Å². The lowest BCUT2D eigenvalue weighted by atomic mass is 9.98. The van der Waals surface area contributed by atoms with Crippen LogP contribution in [-0.4, -0.2) is 38.0 Å². The fourth-order valence-electron chi connectivity index (χ4n) is 1.86. The highest BCUT2D eigenvalue weighted by molar-refractivity contribution is 5.57. The SMILES string of the molecule is COc1ccccc1N(C)CCCC(C)(N)CO. The number of rotatable bonds is 7. The topological polar surface area (TPSA) is 58.7 Å². The van der Waals surface area contributed by atoms with Gasteiger partial charge in [0.2, 0.25) is 0 Å². The maximum atomic E-state index is 9.10. The normalized spacial score (nSPS) is 14.1. The Labute approximate surface area is 109 Å². The summed E-state index contributed by atoms with van der Waals surface area (Å²) in [7, 11) is 3.71. The molecule has 1 rings (SSSR count). The molecule has 0 spiro atoms. The second kappa shape index (κ2) is 6.61. The monoisotopic (exact) mass is 252 g/mol. The van der Waals surface area contributed by atoms with Crippen molar-refractivity contribution >= 4 is 5.69 Å². The Balaban J connectivity index is 2.53. The molecule has 1 unspecified atom stereocenters. The molecule has 0 aliphatic rings. The number of nitrogens with zero attached hydrogens (tertiary/aromatic N) is 1. The van der Waals surface area contributed by atoms with Gasteiger partial charge in [-0.1, -0.05) is 12.1 Å². The summed E-state index contributed by atoms with van der Waals surface area (Å²) < 4.78 is 5.33. The third-order valence-electron chi connectivity index (χ3n) is 3.10. The minimum atomic E-state index is -0.485. The molecule has 1 atom stereocenters. The van der Waals surface area contributed by atoms with E-state index in [2.05, 4.69) is 4.90 Å². The molecule has 0 heterocycles. The highest BCUT2D eigenvalue weighted by atomic mass is 16.5. The standard InChI is InChI=1S/C14H24N2O2/c1-14(15,11-17)9-6-10-16(2)12-7-4-5-8-13(12)18-3/h4-5,7-8,17H,6,9-11,15H2,1-3H3. The number of methoxy groups -OCH3 is 1. The summed E-state index contributed by atoms with van der Waals surface area (Å²) in [5, 5.41) is 9.10. The lowest BCUT2D eigenvalue weighted by Crippen LogP contribution is -2.40. The zero-order valence-electron chi connectivity index (χ0n) is 11.5. The summed E-state index contributed by atoms with van der Waals surface area (Å²) in [6.45, 7) is 2.77. The largest absolute Gasteiger partial charge is 0.495 e. The van der Waals surface area contributed by atoms with E-state index in [4.69, 9.17) is 15.6 Å². The molecule has 3 N–H and O–H groups in total. The minimum Gasteiger partial charge on any atom is -0.495 e. The van der Waals surface area contributed by atoms with E-state index in [1.165, 1.54) is 0 Å². The minimum absolute atomic E-state index is 0.0192. The molecule has 4 heteroatoms. The number of anilines is 1. The molecule has 1 aromatic rings. The van der Waals surface area contributed by atoms with Gasteiger partial charge in [-0.25, -0.2) is 0 Å². The van der Waals surface area contributed by atoms with Gasteiger partial charge in [-0.15, -0.1) is 0 Å². The first-order chi connectivity index (χ1) is 8.50. The van der Waals surface area contributed by atoms with Gasteiger partial charge in [-0.3, -0.25) is 0 Å². The summed E-state index contributed by atoms with van der Waals surface area (Å²) in [6.07, 6.45) is 1.73. The quantitative estimate of drug-likeness (QED) is 0.774. The first kappa shape index (κ1) is 14.8. The summed E-state index contributed by atoms with van der Waals surface area (Å²) in [4.78, 5) is 2.15. The number of hydrogen-bond donors (Lipinski definition) is 2. The number of nitrogens with two attached hydrogens (primary N) is 1. The Kier molecular flexibility index (Phi) is 5.44. The van der Waals surface area contributed by atoms with E-state index in [0.717, 1.165) is 30.8 Å². The number of benzene rings is 1. The maximum absolute atomic E-state index is 9.10. The van der Waals surface area contributed by atoms with Gasteiger partial charge in [0, 0.05) is 19.1 Å². The lowest BCUT2D eigenvalue weighted by molar-refractivity contribution is 0.199. The van der Waals surface area contributed by atoms with Crippen molar-refractivity contribution in [3.8, 4) is 5.75 Å². The molecular formula is C14H24N2O2. The van der Waals surface area contributed by atoms with Gasteiger partial charge in [0.25, 0.3) is 0 Å². The van der Waals surface area contributed by atoms with E-state index in [-0.39, 0.29) is 6.61 Å². The van der Waals surface area contributed by atoms with Crippen molar-refractivity contribution in [1.82, 2.24) is 0 Å². The molecule has 0 bridgehead atoms. The smallest absolute Gasteiger partial charge is 0.142 e. The molecule has 0 aromatic heterocycles. The number of aliphatic hydroxyl groups is 1.